The highest BCUT2D eigenvalue weighted by Gasteiger charge is 2.24. The average Bonchev–Trinajstić information content (AvgIpc) is 2.49. The van der Waals surface area contributed by atoms with Gasteiger partial charge in [-0.1, -0.05) is 36.0 Å². The second kappa shape index (κ2) is 7.87. The number of anilines is 1. The van der Waals surface area contributed by atoms with Gasteiger partial charge in [-0.3, -0.25) is 0 Å². The summed E-state index contributed by atoms with van der Waals surface area (Å²) < 4.78 is 0. The number of halogens is 2. The number of hydrogen-bond acceptors (Lipinski definition) is 2. The van der Waals surface area contributed by atoms with Crippen molar-refractivity contribution in [3.05, 3.63) is 28.2 Å². The van der Waals surface area contributed by atoms with Crippen molar-refractivity contribution in [2.75, 3.05) is 18.5 Å². The molecular formula is C15H20Cl2N2O2. The van der Waals surface area contributed by atoms with E-state index in [1.165, 1.54) is 0 Å². The molecule has 3 N–H and O–H groups in total. The minimum atomic E-state index is -0.304. The maximum atomic E-state index is 11.9. The minimum Gasteiger partial charge on any atom is -0.396 e. The molecule has 1 aromatic carbocycles. The van der Waals surface area contributed by atoms with Crippen LogP contribution >= 0.6 is 23.2 Å². The molecule has 1 saturated carbocycles. The molecule has 1 fully saturated rings. The van der Waals surface area contributed by atoms with Gasteiger partial charge in [-0.25, -0.2) is 4.79 Å². The summed E-state index contributed by atoms with van der Waals surface area (Å²) in [5.41, 5.74) is 0.490. The molecule has 0 radical (unpaired) electrons. The van der Waals surface area contributed by atoms with E-state index in [4.69, 9.17) is 23.2 Å². The standard InChI is InChI=1S/C15H20Cl2N2O2/c16-12-5-6-13(17)14(7-12)19-15(21)18-8-10-3-1-2-4-11(10)9-20/h5-7,10-11,20H,1-4,8-9H2,(H2,18,19,21). The highest BCUT2D eigenvalue weighted by Crippen LogP contribution is 2.29. The fourth-order valence-corrected chi connectivity index (χ4v) is 3.11. The fraction of sp³-hybridized carbons (Fsp3) is 0.533. The number of carbonyl (C=O) groups excluding carboxylic acids is 1. The molecule has 2 atom stereocenters. The number of carbonyl (C=O) groups is 1. The molecule has 0 aliphatic heterocycles. The Hall–Kier alpha value is -0.970. The van der Waals surface area contributed by atoms with Crippen molar-refractivity contribution in [3.63, 3.8) is 0 Å². The van der Waals surface area contributed by atoms with Gasteiger partial charge in [0.2, 0.25) is 0 Å². The van der Waals surface area contributed by atoms with Crippen molar-refractivity contribution >= 4 is 34.9 Å². The van der Waals surface area contributed by atoms with E-state index in [-0.39, 0.29) is 18.6 Å². The quantitative estimate of drug-likeness (QED) is 0.783. The summed E-state index contributed by atoms with van der Waals surface area (Å²) in [6, 6.07) is 4.62. The zero-order chi connectivity index (χ0) is 15.2. The molecule has 21 heavy (non-hydrogen) atoms. The summed E-state index contributed by atoms with van der Waals surface area (Å²) >= 11 is 11.9. The van der Waals surface area contributed by atoms with Crippen molar-refractivity contribution in [1.82, 2.24) is 5.32 Å². The third-order valence-corrected chi connectivity index (χ3v) is 4.57. The molecule has 4 nitrogen and oxygen atoms in total. The molecular weight excluding hydrogens is 311 g/mol. The summed E-state index contributed by atoms with van der Waals surface area (Å²) in [6.45, 7) is 0.753. The molecule has 0 spiro atoms. The topological polar surface area (TPSA) is 61.4 Å². The zero-order valence-corrected chi connectivity index (χ0v) is 13.3. The Balaban J connectivity index is 1.85. The van der Waals surface area contributed by atoms with Gasteiger partial charge in [0.15, 0.2) is 0 Å². The third-order valence-electron chi connectivity index (χ3n) is 4.00. The molecule has 0 heterocycles. The maximum absolute atomic E-state index is 11.9. The first-order chi connectivity index (χ1) is 10.1. The Morgan fingerprint density at radius 3 is 2.67 bits per heavy atom. The van der Waals surface area contributed by atoms with Crippen LogP contribution in [0, 0.1) is 11.8 Å². The zero-order valence-electron chi connectivity index (χ0n) is 11.7. The second-order valence-electron chi connectivity index (χ2n) is 5.45. The van der Waals surface area contributed by atoms with Gasteiger partial charge in [-0.15, -0.1) is 0 Å². The third kappa shape index (κ3) is 4.77. The lowest BCUT2D eigenvalue weighted by molar-refractivity contribution is 0.134. The lowest BCUT2D eigenvalue weighted by atomic mass is 9.80. The smallest absolute Gasteiger partial charge is 0.319 e. The number of amides is 2. The highest BCUT2D eigenvalue weighted by atomic mass is 35.5. The van der Waals surface area contributed by atoms with Gasteiger partial charge in [0.05, 0.1) is 10.7 Å². The summed E-state index contributed by atoms with van der Waals surface area (Å²) in [6.07, 6.45) is 4.39. The lowest BCUT2D eigenvalue weighted by Crippen LogP contribution is -2.37. The lowest BCUT2D eigenvalue weighted by Gasteiger charge is -2.30. The maximum Gasteiger partial charge on any atom is 0.319 e. The van der Waals surface area contributed by atoms with Crippen LogP contribution in [-0.2, 0) is 0 Å². The van der Waals surface area contributed by atoms with E-state index >= 15 is 0 Å². The van der Waals surface area contributed by atoms with Crippen LogP contribution in [0.1, 0.15) is 25.7 Å². The first kappa shape index (κ1) is 16.4. The van der Waals surface area contributed by atoms with E-state index in [9.17, 15) is 9.90 Å². The fourth-order valence-electron chi connectivity index (χ4n) is 2.78. The molecule has 0 bridgehead atoms. The number of nitrogens with one attached hydrogen (secondary N) is 2. The molecule has 116 valence electrons. The molecule has 1 aliphatic rings. The van der Waals surface area contributed by atoms with Crippen molar-refractivity contribution < 1.29 is 9.90 Å². The monoisotopic (exact) mass is 330 g/mol. The van der Waals surface area contributed by atoms with Gasteiger partial charge in [0.1, 0.15) is 0 Å². The number of urea groups is 1. The van der Waals surface area contributed by atoms with Gasteiger partial charge in [-0.05, 0) is 42.9 Å². The average molecular weight is 331 g/mol. The number of aliphatic hydroxyl groups excluding tert-OH is 1. The summed E-state index contributed by atoms with van der Waals surface area (Å²) in [5, 5.41) is 15.9. The number of benzene rings is 1. The Labute approximate surface area is 134 Å². The number of hydrogen-bond donors (Lipinski definition) is 3. The SMILES string of the molecule is O=C(NCC1CCCCC1CO)Nc1cc(Cl)ccc1Cl. The van der Waals surface area contributed by atoms with Crippen LogP contribution in [-0.4, -0.2) is 24.3 Å². The predicted molar refractivity (Wildman–Crippen MR) is 86.0 cm³/mol. The Morgan fingerprint density at radius 1 is 1.24 bits per heavy atom. The van der Waals surface area contributed by atoms with E-state index in [1.807, 2.05) is 0 Å². The van der Waals surface area contributed by atoms with E-state index < -0.39 is 0 Å². The first-order valence-electron chi connectivity index (χ1n) is 7.21. The molecule has 1 aliphatic carbocycles. The van der Waals surface area contributed by atoms with Crippen LogP contribution < -0.4 is 10.6 Å². The summed E-state index contributed by atoms with van der Waals surface area (Å²) in [4.78, 5) is 11.9. The van der Waals surface area contributed by atoms with E-state index in [1.54, 1.807) is 18.2 Å². The summed E-state index contributed by atoms with van der Waals surface area (Å²) in [5.74, 6) is 0.623. The van der Waals surface area contributed by atoms with E-state index in [0.717, 1.165) is 25.7 Å². The molecule has 2 amide bonds. The molecule has 0 aromatic heterocycles. The number of aliphatic hydroxyl groups is 1. The number of rotatable bonds is 4. The van der Waals surface area contributed by atoms with Crippen molar-refractivity contribution in [1.29, 1.82) is 0 Å². The molecule has 2 unspecified atom stereocenters. The van der Waals surface area contributed by atoms with Gasteiger partial charge in [-0.2, -0.15) is 0 Å². The Kier molecular flexibility index (Phi) is 6.15. The minimum absolute atomic E-state index is 0.189. The normalized spacial score (nSPS) is 21.9. The van der Waals surface area contributed by atoms with Crippen molar-refractivity contribution in [3.8, 4) is 0 Å². The first-order valence-corrected chi connectivity index (χ1v) is 7.96. The van der Waals surface area contributed by atoms with Gasteiger partial charge >= 0.3 is 6.03 Å². The van der Waals surface area contributed by atoms with Crippen LogP contribution in [0.4, 0.5) is 10.5 Å². The van der Waals surface area contributed by atoms with E-state index in [2.05, 4.69) is 10.6 Å². The van der Waals surface area contributed by atoms with Gasteiger partial charge < -0.3 is 15.7 Å². The molecule has 0 saturated heterocycles. The van der Waals surface area contributed by atoms with Crippen LogP contribution in [0.15, 0.2) is 18.2 Å². The van der Waals surface area contributed by atoms with Gasteiger partial charge in [0, 0.05) is 18.2 Å². The van der Waals surface area contributed by atoms with Crippen LogP contribution in [0.2, 0.25) is 10.0 Å². The van der Waals surface area contributed by atoms with Crippen LogP contribution in [0.25, 0.3) is 0 Å². The van der Waals surface area contributed by atoms with Crippen molar-refractivity contribution in [2.45, 2.75) is 25.7 Å². The van der Waals surface area contributed by atoms with Gasteiger partial charge in [0.25, 0.3) is 0 Å². The largest absolute Gasteiger partial charge is 0.396 e. The van der Waals surface area contributed by atoms with Crippen LogP contribution in [0.3, 0.4) is 0 Å². The van der Waals surface area contributed by atoms with Crippen LogP contribution in [0.5, 0.6) is 0 Å². The Bertz CT molecular complexity index is 497. The Morgan fingerprint density at radius 2 is 1.95 bits per heavy atom. The second-order valence-corrected chi connectivity index (χ2v) is 6.29. The van der Waals surface area contributed by atoms with Crippen molar-refractivity contribution in [2.24, 2.45) is 11.8 Å². The summed E-state index contributed by atoms with van der Waals surface area (Å²) in [7, 11) is 0. The highest BCUT2D eigenvalue weighted by molar-refractivity contribution is 6.35. The molecule has 1 aromatic rings. The molecule has 2 rings (SSSR count). The molecule has 6 heteroatoms. The predicted octanol–water partition coefficient (Wildman–Crippen LogP) is 3.91. The van der Waals surface area contributed by atoms with E-state index in [0.29, 0.717) is 28.2 Å².